The Morgan fingerprint density at radius 3 is 2.27 bits per heavy atom. The van der Waals surface area contributed by atoms with Crippen LogP contribution in [-0.2, 0) is 14.8 Å². The van der Waals surface area contributed by atoms with Crippen LogP contribution in [0.4, 0.5) is 5.69 Å². The van der Waals surface area contributed by atoms with E-state index >= 15 is 0 Å². The van der Waals surface area contributed by atoms with E-state index in [4.69, 9.17) is 0 Å². The van der Waals surface area contributed by atoms with E-state index in [0.29, 0.717) is 10.6 Å². The maximum Gasteiger partial charge on any atom is 0.244 e. The third-order valence-corrected chi connectivity index (χ3v) is 8.50. The van der Waals surface area contributed by atoms with Gasteiger partial charge in [-0.25, -0.2) is 8.42 Å². The zero-order chi connectivity index (χ0) is 21.9. The molecule has 1 fully saturated rings. The smallest absolute Gasteiger partial charge is 0.244 e. The molecule has 1 N–H and O–H groups in total. The molecule has 0 atom stereocenters. The zero-order valence-corrected chi connectivity index (χ0v) is 20.1. The number of benzene rings is 2. The van der Waals surface area contributed by atoms with Crippen LogP contribution in [0.3, 0.4) is 0 Å². The van der Waals surface area contributed by atoms with Gasteiger partial charge in [0.15, 0.2) is 0 Å². The molecular weight excluding hydrogens is 464 g/mol. The molecule has 1 saturated carbocycles. The molecule has 2 aromatic rings. The lowest BCUT2D eigenvalue weighted by Crippen LogP contribution is -2.46. The van der Waals surface area contributed by atoms with Crippen molar-refractivity contribution in [3.8, 4) is 0 Å². The lowest BCUT2D eigenvalue weighted by Gasteiger charge is -2.33. The average Bonchev–Trinajstić information content (AvgIpc) is 2.67. The summed E-state index contributed by atoms with van der Waals surface area (Å²) in [6, 6.07) is 10.9. The van der Waals surface area contributed by atoms with Crippen molar-refractivity contribution in [3.63, 3.8) is 0 Å². The molecule has 7 heteroatoms. The Labute approximate surface area is 188 Å². The summed E-state index contributed by atoms with van der Waals surface area (Å²) >= 11 is 3.42. The summed E-state index contributed by atoms with van der Waals surface area (Å²) in [6.07, 6.45) is 4.63. The van der Waals surface area contributed by atoms with Gasteiger partial charge in [0, 0.05) is 10.5 Å². The molecule has 0 aliphatic heterocycles. The fraction of sp³-hybridized carbons (Fsp3) is 0.435. The number of halogens is 1. The summed E-state index contributed by atoms with van der Waals surface area (Å²) in [6.45, 7) is 5.42. The summed E-state index contributed by atoms with van der Waals surface area (Å²) < 4.78 is 29.7. The van der Waals surface area contributed by atoms with Gasteiger partial charge in [0.2, 0.25) is 15.9 Å². The van der Waals surface area contributed by atoms with E-state index in [9.17, 15) is 13.2 Å². The van der Waals surface area contributed by atoms with Gasteiger partial charge < -0.3 is 5.32 Å². The fourth-order valence-corrected chi connectivity index (χ4v) is 6.80. The van der Waals surface area contributed by atoms with Crippen LogP contribution < -0.4 is 5.32 Å². The molecule has 162 valence electrons. The van der Waals surface area contributed by atoms with Crippen molar-refractivity contribution in [1.29, 1.82) is 0 Å². The van der Waals surface area contributed by atoms with Gasteiger partial charge in [0.1, 0.15) is 0 Å². The SMILES string of the molecule is Cc1cc(C)c(S(=O)(=O)N(CC(=O)Nc2ccccc2Br)C2CCCCC2)c(C)c1. The second-order valence-electron chi connectivity index (χ2n) is 8.10. The number of hydrogen-bond donors (Lipinski definition) is 1. The van der Waals surface area contributed by atoms with Crippen LogP contribution in [0.15, 0.2) is 45.8 Å². The third-order valence-electron chi connectivity index (χ3n) is 5.60. The second-order valence-corrected chi connectivity index (χ2v) is 10.8. The standard InChI is InChI=1S/C23H29BrN2O3S/c1-16-13-17(2)23(18(3)14-16)30(28,29)26(19-9-5-4-6-10-19)15-22(27)25-21-12-8-7-11-20(21)24/h7-8,11-14,19H,4-6,9-10,15H2,1-3H3,(H,25,27). The zero-order valence-electron chi connectivity index (χ0n) is 17.7. The number of amides is 1. The second kappa shape index (κ2) is 9.62. The molecule has 0 unspecified atom stereocenters. The van der Waals surface area contributed by atoms with Gasteiger partial charge in [-0.3, -0.25) is 4.79 Å². The normalized spacial score (nSPS) is 15.4. The number of rotatable bonds is 6. The molecule has 30 heavy (non-hydrogen) atoms. The lowest BCUT2D eigenvalue weighted by atomic mass is 9.95. The number of nitrogens with zero attached hydrogens (tertiary/aromatic N) is 1. The average molecular weight is 493 g/mol. The molecule has 1 amide bonds. The molecule has 2 aromatic carbocycles. The van der Waals surface area contributed by atoms with Gasteiger partial charge in [0.25, 0.3) is 0 Å². The molecule has 0 saturated heterocycles. The first-order chi connectivity index (χ1) is 14.2. The predicted molar refractivity (Wildman–Crippen MR) is 124 cm³/mol. The number of aryl methyl sites for hydroxylation is 3. The van der Waals surface area contributed by atoms with Gasteiger partial charge in [0.05, 0.1) is 17.1 Å². The highest BCUT2D eigenvalue weighted by Crippen LogP contribution is 2.31. The molecule has 0 radical (unpaired) electrons. The van der Waals surface area contributed by atoms with Crippen LogP contribution >= 0.6 is 15.9 Å². The highest BCUT2D eigenvalue weighted by Gasteiger charge is 2.35. The van der Waals surface area contributed by atoms with Crippen LogP contribution in [-0.4, -0.2) is 31.2 Å². The van der Waals surface area contributed by atoms with Crippen molar-refractivity contribution in [2.24, 2.45) is 0 Å². The topological polar surface area (TPSA) is 66.5 Å². The van der Waals surface area contributed by atoms with Crippen LogP contribution in [0.1, 0.15) is 48.8 Å². The van der Waals surface area contributed by atoms with Gasteiger partial charge in [-0.15, -0.1) is 0 Å². The summed E-state index contributed by atoms with van der Waals surface area (Å²) in [5.41, 5.74) is 3.10. The third kappa shape index (κ3) is 5.13. The molecule has 1 aliphatic rings. The van der Waals surface area contributed by atoms with Gasteiger partial charge in [-0.1, -0.05) is 49.1 Å². The molecule has 0 spiro atoms. The molecular formula is C23H29BrN2O3S. The monoisotopic (exact) mass is 492 g/mol. The highest BCUT2D eigenvalue weighted by atomic mass is 79.9. The predicted octanol–water partition coefficient (Wildman–Crippen LogP) is 5.34. The minimum absolute atomic E-state index is 0.159. The van der Waals surface area contributed by atoms with E-state index in [-0.39, 0.29) is 18.5 Å². The summed E-state index contributed by atoms with van der Waals surface area (Å²) in [4.78, 5) is 13.2. The number of para-hydroxylation sites is 1. The van der Waals surface area contributed by atoms with Crippen molar-refractivity contribution in [3.05, 3.63) is 57.6 Å². The van der Waals surface area contributed by atoms with Crippen LogP contribution in [0.2, 0.25) is 0 Å². The van der Waals surface area contributed by atoms with Crippen molar-refractivity contribution >= 4 is 37.5 Å². The number of hydrogen-bond acceptors (Lipinski definition) is 3. The van der Waals surface area contributed by atoms with Gasteiger partial charge in [-0.2, -0.15) is 4.31 Å². The van der Waals surface area contributed by atoms with Gasteiger partial charge >= 0.3 is 0 Å². The Hall–Kier alpha value is -1.70. The number of nitrogens with one attached hydrogen (secondary N) is 1. The molecule has 3 rings (SSSR count). The minimum atomic E-state index is -3.82. The van der Waals surface area contributed by atoms with Crippen molar-refractivity contribution in [1.82, 2.24) is 4.31 Å². The summed E-state index contributed by atoms with van der Waals surface area (Å²) in [5.74, 6) is -0.335. The quantitative estimate of drug-likeness (QED) is 0.591. The van der Waals surface area contributed by atoms with Crippen molar-refractivity contribution < 1.29 is 13.2 Å². The molecule has 0 bridgehead atoms. The van der Waals surface area contributed by atoms with Gasteiger partial charge in [-0.05, 0) is 72.8 Å². The number of carbonyl (C=O) groups excluding carboxylic acids is 1. The number of anilines is 1. The first kappa shape index (κ1) is 23.0. The Bertz CT molecular complexity index is 1010. The maximum absolute atomic E-state index is 13.8. The van der Waals surface area contributed by atoms with E-state index in [1.54, 1.807) is 6.07 Å². The van der Waals surface area contributed by atoms with Crippen LogP contribution in [0.5, 0.6) is 0 Å². The highest BCUT2D eigenvalue weighted by molar-refractivity contribution is 9.10. The van der Waals surface area contributed by atoms with Crippen molar-refractivity contribution in [2.45, 2.75) is 63.8 Å². The first-order valence-electron chi connectivity index (χ1n) is 10.3. The first-order valence-corrected chi connectivity index (χ1v) is 12.6. The van der Waals surface area contributed by atoms with Crippen LogP contribution in [0, 0.1) is 20.8 Å². The molecule has 0 aromatic heterocycles. The number of carbonyl (C=O) groups is 1. The summed E-state index contributed by atoms with van der Waals surface area (Å²) in [7, 11) is -3.82. The molecule has 0 heterocycles. The Kier molecular flexibility index (Phi) is 7.37. The Balaban J connectivity index is 1.94. The minimum Gasteiger partial charge on any atom is -0.324 e. The van der Waals surface area contributed by atoms with E-state index in [1.165, 1.54) is 4.31 Å². The molecule has 5 nitrogen and oxygen atoms in total. The van der Waals surface area contributed by atoms with E-state index < -0.39 is 10.0 Å². The largest absolute Gasteiger partial charge is 0.324 e. The Morgan fingerprint density at radius 2 is 1.67 bits per heavy atom. The Morgan fingerprint density at radius 1 is 1.07 bits per heavy atom. The van der Waals surface area contributed by atoms with E-state index in [0.717, 1.165) is 53.3 Å². The van der Waals surface area contributed by atoms with E-state index in [1.807, 2.05) is 51.1 Å². The number of sulfonamides is 1. The van der Waals surface area contributed by atoms with E-state index in [2.05, 4.69) is 21.2 Å². The lowest BCUT2D eigenvalue weighted by molar-refractivity contribution is -0.116. The molecule has 1 aliphatic carbocycles. The fourth-order valence-electron chi connectivity index (χ4n) is 4.36. The summed E-state index contributed by atoms with van der Waals surface area (Å²) in [5, 5.41) is 2.85. The maximum atomic E-state index is 13.8. The van der Waals surface area contributed by atoms with Crippen molar-refractivity contribution in [2.75, 3.05) is 11.9 Å². The van der Waals surface area contributed by atoms with Crippen LogP contribution in [0.25, 0.3) is 0 Å².